The molecular weight excluding hydrogens is 243 g/mol. The van der Waals surface area contributed by atoms with E-state index in [0.717, 1.165) is 18.8 Å². The lowest BCUT2D eigenvalue weighted by atomic mass is 10.1. The van der Waals surface area contributed by atoms with Crippen LogP contribution in [0.4, 0.5) is 15.9 Å². The van der Waals surface area contributed by atoms with Crippen molar-refractivity contribution >= 4 is 22.5 Å². The molecule has 1 aliphatic heterocycles. The van der Waals surface area contributed by atoms with Gasteiger partial charge in [-0.3, -0.25) is 0 Å². The van der Waals surface area contributed by atoms with Crippen molar-refractivity contribution in [3.05, 3.63) is 24.1 Å². The molecule has 100 valence electrons. The molecule has 1 aliphatic rings. The van der Waals surface area contributed by atoms with E-state index in [-0.39, 0.29) is 0 Å². The maximum absolute atomic E-state index is 13.1. The van der Waals surface area contributed by atoms with Gasteiger partial charge in [-0.2, -0.15) is 4.39 Å². The zero-order valence-corrected chi connectivity index (χ0v) is 10.9. The summed E-state index contributed by atoms with van der Waals surface area (Å²) in [5.74, 6) is 0.351. The number of rotatable bonds is 2. The van der Waals surface area contributed by atoms with E-state index in [2.05, 4.69) is 21.8 Å². The Morgan fingerprint density at radius 2 is 2.26 bits per heavy atom. The van der Waals surface area contributed by atoms with Crippen LogP contribution in [0.15, 0.2) is 18.2 Å². The van der Waals surface area contributed by atoms with Gasteiger partial charge in [0, 0.05) is 18.7 Å². The first-order valence-corrected chi connectivity index (χ1v) is 6.68. The topological polar surface area (TPSA) is 55.0 Å². The van der Waals surface area contributed by atoms with Gasteiger partial charge < -0.3 is 10.6 Å². The molecule has 0 radical (unpaired) electrons. The minimum absolute atomic E-state index is 0.441. The molecule has 1 atom stereocenters. The minimum Gasteiger partial charge on any atom is -0.397 e. The lowest BCUT2D eigenvalue weighted by molar-refractivity contribution is 0.589. The van der Waals surface area contributed by atoms with Crippen LogP contribution in [-0.2, 0) is 0 Å². The zero-order valence-electron chi connectivity index (χ0n) is 10.9. The van der Waals surface area contributed by atoms with E-state index in [1.165, 1.54) is 18.9 Å². The van der Waals surface area contributed by atoms with Gasteiger partial charge in [-0.05, 0) is 31.4 Å². The van der Waals surface area contributed by atoms with Crippen LogP contribution >= 0.6 is 0 Å². The highest BCUT2D eigenvalue weighted by atomic mass is 19.1. The standard InChI is InChI=1S/C14H17FN4/c1-2-9-4-3-7-19(9)13-8-10(16)14-11(17-13)5-6-12(15)18-14/h5-6,8-9H,2-4,7H2,1H3,(H2,16,17). The molecular formula is C14H17FN4. The van der Waals surface area contributed by atoms with Crippen LogP contribution in [0.25, 0.3) is 11.0 Å². The minimum atomic E-state index is -0.527. The molecule has 3 heterocycles. The molecule has 1 unspecified atom stereocenters. The van der Waals surface area contributed by atoms with Gasteiger partial charge in [-0.1, -0.05) is 6.92 Å². The van der Waals surface area contributed by atoms with Crippen LogP contribution in [0.3, 0.4) is 0 Å². The molecule has 4 nitrogen and oxygen atoms in total. The number of nitrogen functional groups attached to an aromatic ring is 1. The van der Waals surface area contributed by atoms with Crippen LogP contribution in [0.5, 0.6) is 0 Å². The molecule has 0 bridgehead atoms. The Bertz CT molecular complexity index is 614. The second-order valence-corrected chi connectivity index (χ2v) is 4.97. The van der Waals surface area contributed by atoms with Gasteiger partial charge in [-0.15, -0.1) is 0 Å². The van der Waals surface area contributed by atoms with E-state index in [9.17, 15) is 4.39 Å². The Morgan fingerprint density at radius 1 is 1.42 bits per heavy atom. The van der Waals surface area contributed by atoms with Crippen LogP contribution in [0, 0.1) is 5.95 Å². The van der Waals surface area contributed by atoms with E-state index in [0.29, 0.717) is 22.8 Å². The van der Waals surface area contributed by atoms with E-state index in [1.807, 2.05) is 6.07 Å². The molecule has 0 spiro atoms. The SMILES string of the molecule is CCC1CCCN1c1cc(N)c2nc(F)ccc2n1. The number of nitrogens with two attached hydrogens (primary N) is 1. The van der Waals surface area contributed by atoms with E-state index >= 15 is 0 Å². The Kier molecular flexibility index (Phi) is 2.97. The summed E-state index contributed by atoms with van der Waals surface area (Å²) in [6, 6.07) is 5.29. The predicted octanol–water partition coefficient (Wildman–Crippen LogP) is 2.73. The Balaban J connectivity index is 2.08. The van der Waals surface area contributed by atoms with E-state index in [4.69, 9.17) is 5.73 Å². The van der Waals surface area contributed by atoms with Gasteiger partial charge in [0.05, 0.1) is 11.2 Å². The second kappa shape index (κ2) is 4.64. The number of hydrogen-bond acceptors (Lipinski definition) is 4. The average Bonchev–Trinajstić information content (AvgIpc) is 2.87. The lowest BCUT2D eigenvalue weighted by Crippen LogP contribution is -2.29. The molecule has 0 saturated carbocycles. The summed E-state index contributed by atoms with van der Waals surface area (Å²) in [6.07, 6.45) is 3.47. The molecule has 1 saturated heterocycles. The highest BCUT2D eigenvalue weighted by Crippen LogP contribution is 2.29. The summed E-state index contributed by atoms with van der Waals surface area (Å²) >= 11 is 0. The van der Waals surface area contributed by atoms with Crippen molar-refractivity contribution < 1.29 is 4.39 Å². The van der Waals surface area contributed by atoms with Crippen molar-refractivity contribution in [2.75, 3.05) is 17.2 Å². The number of aromatic nitrogens is 2. The lowest BCUT2D eigenvalue weighted by Gasteiger charge is -2.25. The van der Waals surface area contributed by atoms with Crippen molar-refractivity contribution in [2.24, 2.45) is 0 Å². The molecule has 0 aliphatic carbocycles. The smallest absolute Gasteiger partial charge is 0.213 e. The van der Waals surface area contributed by atoms with E-state index < -0.39 is 5.95 Å². The largest absolute Gasteiger partial charge is 0.397 e. The molecule has 1 fully saturated rings. The highest BCUT2D eigenvalue weighted by Gasteiger charge is 2.24. The number of pyridine rings is 2. The first-order chi connectivity index (χ1) is 9.19. The van der Waals surface area contributed by atoms with E-state index in [1.54, 1.807) is 6.07 Å². The van der Waals surface area contributed by atoms with Crippen molar-refractivity contribution in [1.82, 2.24) is 9.97 Å². The van der Waals surface area contributed by atoms with Crippen molar-refractivity contribution in [3.8, 4) is 0 Å². The summed E-state index contributed by atoms with van der Waals surface area (Å²) in [5, 5.41) is 0. The fourth-order valence-corrected chi connectivity index (χ4v) is 2.80. The van der Waals surface area contributed by atoms with Gasteiger partial charge >= 0.3 is 0 Å². The average molecular weight is 260 g/mol. The molecule has 2 N–H and O–H groups in total. The van der Waals surface area contributed by atoms with Gasteiger partial charge in [0.2, 0.25) is 5.95 Å². The van der Waals surface area contributed by atoms with Crippen LogP contribution in [0.2, 0.25) is 0 Å². The third-order valence-corrected chi connectivity index (χ3v) is 3.78. The maximum atomic E-state index is 13.1. The summed E-state index contributed by atoms with van der Waals surface area (Å²) in [7, 11) is 0. The van der Waals surface area contributed by atoms with Gasteiger partial charge in [0.25, 0.3) is 0 Å². The Labute approximate surface area is 111 Å². The van der Waals surface area contributed by atoms with Crippen LogP contribution in [0.1, 0.15) is 26.2 Å². The monoisotopic (exact) mass is 260 g/mol. The number of nitrogens with zero attached hydrogens (tertiary/aromatic N) is 3. The van der Waals surface area contributed by atoms with Crippen molar-refractivity contribution in [3.63, 3.8) is 0 Å². The van der Waals surface area contributed by atoms with Gasteiger partial charge in [0.1, 0.15) is 11.3 Å². The number of halogens is 1. The van der Waals surface area contributed by atoms with Crippen LogP contribution in [-0.4, -0.2) is 22.6 Å². The fourth-order valence-electron chi connectivity index (χ4n) is 2.80. The fraction of sp³-hybridized carbons (Fsp3) is 0.429. The molecule has 2 aromatic rings. The number of fused-ring (bicyclic) bond motifs is 1. The summed E-state index contributed by atoms with van der Waals surface area (Å²) in [5.41, 5.74) is 7.56. The Hall–Kier alpha value is -1.91. The quantitative estimate of drug-likeness (QED) is 0.843. The Morgan fingerprint density at radius 3 is 3.05 bits per heavy atom. The summed E-state index contributed by atoms with van der Waals surface area (Å²) < 4.78 is 13.1. The summed E-state index contributed by atoms with van der Waals surface area (Å²) in [4.78, 5) is 10.7. The number of anilines is 2. The molecule has 5 heteroatoms. The first-order valence-electron chi connectivity index (χ1n) is 6.68. The molecule has 0 aromatic carbocycles. The normalized spacial score (nSPS) is 19.3. The van der Waals surface area contributed by atoms with Gasteiger partial charge in [0.15, 0.2) is 0 Å². The molecule has 2 aromatic heterocycles. The maximum Gasteiger partial charge on any atom is 0.213 e. The highest BCUT2D eigenvalue weighted by molar-refractivity contribution is 5.88. The third-order valence-electron chi connectivity index (χ3n) is 3.78. The second-order valence-electron chi connectivity index (χ2n) is 4.97. The number of hydrogen-bond donors (Lipinski definition) is 1. The third kappa shape index (κ3) is 2.09. The molecule has 0 amide bonds. The first kappa shape index (κ1) is 12.1. The summed E-state index contributed by atoms with van der Waals surface area (Å²) in [6.45, 7) is 3.19. The zero-order chi connectivity index (χ0) is 13.4. The van der Waals surface area contributed by atoms with Crippen molar-refractivity contribution in [1.29, 1.82) is 0 Å². The molecule has 19 heavy (non-hydrogen) atoms. The van der Waals surface area contributed by atoms with Crippen molar-refractivity contribution in [2.45, 2.75) is 32.2 Å². The predicted molar refractivity (Wildman–Crippen MR) is 74.6 cm³/mol. The molecule has 3 rings (SSSR count). The van der Waals surface area contributed by atoms with Gasteiger partial charge in [-0.25, -0.2) is 9.97 Å². The van der Waals surface area contributed by atoms with Crippen LogP contribution < -0.4 is 10.6 Å².